The van der Waals surface area contributed by atoms with Crippen molar-refractivity contribution in [1.82, 2.24) is 9.47 Å². The molecule has 4 nitrogen and oxygen atoms in total. The van der Waals surface area contributed by atoms with Crippen LogP contribution in [0.2, 0.25) is 10.0 Å². The summed E-state index contributed by atoms with van der Waals surface area (Å²) >= 11 is 14.1. The number of hydrogen-bond donors (Lipinski definition) is 0. The van der Waals surface area contributed by atoms with Gasteiger partial charge >= 0.3 is 0 Å². The SMILES string of the molecule is CCN1C(=O)/C(=C\c2c(C)n(Cc3ccc(Cl)cc3Cl)c3ccccc23)SC1=Nc1cc(C)ccc1C. The molecule has 1 aliphatic rings. The lowest BCUT2D eigenvalue weighted by atomic mass is 10.1. The number of halogens is 2. The summed E-state index contributed by atoms with van der Waals surface area (Å²) < 4.78 is 2.24. The fourth-order valence-corrected chi connectivity index (χ4v) is 6.11. The molecule has 7 heteroatoms. The van der Waals surface area contributed by atoms with Crippen molar-refractivity contribution < 1.29 is 4.79 Å². The summed E-state index contributed by atoms with van der Waals surface area (Å²) in [7, 11) is 0. The lowest BCUT2D eigenvalue weighted by molar-refractivity contribution is -0.122. The van der Waals surface area contributed by atoms with Crippen LogP contribution in [0.4, 0.5) is 5.69 Å². The number of fused-ring (bicyclic) bond motifs is 1. The number of benzene rings is 3. The van der Waals surface area contributed by atoms with Crippen LogP contribution in [-0.2, 0) is 11.3 Å². The lowest BCUT2D eigenvalue weighted by Crippen LogP contribution is -2.28. The van der Waals surface area contributed by atoms with Crippen LogP contribution >= 0.6 is 35.0 Å². The molecule has 0 unspecified atom stereocenters. The molecular formula is C30H27Cl2N3OS. The molecule has 1 aromatic heterocycles. The van der Waals surface area contributed by atoms with E-state index in [1.807, 2.05) is 44.2 Å². The fraction of sp³-hybridized carbons (Fsp3) is 0.200. The number of likely N-dealkylation sites (N-methyl/N-ethyl adjacent to an activating group) is 1. The molecule has 0 N–H and O–H groups in total. The zero-order valence-electron chi connectivity index (χ0n) is 21.2. The summed E-state index contributed by atoms with van der Waals surface area (Å²) in [5, 5.41) is 3.05. The van der Waals surface area contributed by atoms with Gasteiger partial charge in [-0.1, -0.05) is 59.6 Å². The maximum absolute atomic E-state index is 13.4. The molecular weight excluding hydrogens is 521 g/mol. The summed E-state index contributed by atoms with van der Waals surface area (Å²) in [6.45, 7) is 9.32. The van der Waals surface area contributed by atoms with E-state index in [4.69, 9.17) is 28.2 Å². The summed E-state index contributed by atoms with van der Waals surface area (Å²) in [6, 6.07) is 20.0. The number of carbonyl (C=O) groups excluding carboxylic acids is 1. The average molecular weight is 549 g/mol. The third kappa shape index (κ3) is 4.96. The Morgan fingerprint density at radius 3 is 2.54 bits per heavy atom. The van der Waals surface area contributed by atoms with Gasteiger partial charge in [-0.25, -0.2) is 4.99 Å². The second-order valence-corrected chi connectivity index (χ2v) is 11.0. The minimum Gasteiger partial charge on any atom is -0.340 e. The fourth-order valence-electron chi connectivity index (χ4n) is 4.61. The van der Waals surface area contributed by atoms with Gasteiger partial charge in [0.15, 0.2) is 5.17 Å². The van der Waals surface area contributed by atoms with E-state index >= 15 is 0 Å². The molecule has 1 fully saturated rings. The van der Waals surface area contributed by atoms with E-state index in [0.717, 1.165) is 44.5 Å². The Labute approximate surface area is 231 Å². The van der Waals surface area contributed by atoms with Gasteiger partial charge in [0.1, 0.15) is 0 Å². The molecule has 0 bridgehead atoms. The number of aliphatic imine (C=N–C) groups is 1. The van der Waals surface area contributed by atoms with Crippen molar-refractivity contribution in [3.8, 4) is 0 Å². The second-order valence-electron chi connectivity index (χ2n) is 9.18. The molecule has 5 rings (SSSR count). The van der Waals surface area contributed by atoms with Crippen LogP contribution in [0.5, 0.6) is 0 Å². The number of amidine groups is 1. The van der Waals surface area contributed by atoms with Crippen LogP contribution < -0.4 is 0 Å². The van der Waals surface area contributed by atoms with Crippen molar-refractivity contribution in [2.45, 2.75) is 34.2 Å². The van der Waals surface area contributed by atoms with E-state index in [9.17, 15) is 4.79 Å². The Morgan fingerprint density at radius 2 is 1.78 bits per heavy atom. The molecule has 1 saturated heterocycles. The van der Waals surface area contributed by atoms with Gasteiger partial charge in [-0.2, -0.15) is 0 Å². The van der Waals surface area contributed by atoms with Gasteiger partial charge in [-0.3, -0.25) is 9.69 Å². The van der Waals surface area contributed by atoms with E-state index < -0.39 is 0 Å². The molecule has 4 aromatic rings. The molecule has 1 amide bonds. The highest BCUT2D eigenvalue weighted by atomic mass is 35.5. The van der Waals surface area contributed by atoms with E-state index in [1.54, 1.807) is 11.0 Å². The molecule has 0 aliphatic carbocycles. The smallest absolute Gasteiger partial charge is 0.266 e. The van der Waals surface area contributed by atoms with Gasteiger partial charge in [0.05, 0.1) is 10.6 Å². The van der Waals surface area contributed by atoms with Gasteiger partial charge in [0.25, 0.3) is 5.91 Å². The first kappa shape index (κ1) is 25.7. The number of nitrogens with zero attached hydrogens (tertiary/aromatic N) is 3. The van der Waals surface area contributed by atoms with Gasteiger partial charge < -0.3 is 4.57 Å². The van der Waals surface area contributed by atoms with Crippen LogP contribution in [0.1, 0.15) is 34.9 Å². The van der Waals surface area contributed by atoms with Crippen LogP contribution in [0, 0.1) is 20.8 Å². The highest BCUT2D eigenvalue weighted by Gasteiger charge is 2.33. The zero-order chi connectivity index (χ0) is 26.3. The monoisotopic (exact) mass is 547 g/mol. The third-order valence-corrected chi connectivity index (χ3v) is 8.28. The van der Waals surface area contributed by atoms with Crippen LogP contribution in [0.15, 0.2) is 70.6 Å². The largest absolute Gasteiger partial charge is 0.340 e. The second kappa shape index (κ2) is 10.4. The van der Waals surface area contributed by atoms with Crippen molar-refractivity contribution >= 4 is 68.7 Å². The number of hydrogen-bond acceptors (Lipinski definition) is 3. The normalized spacial score (nSPS) is 16.1. The maximum atomic E-state index is 13.4. The molecule has 0 atom stereocenters. The van der Waals surface area contributed by atoms with E-state index in [2.05, 4.69) is 48.7 Å². The predicted octanol–water partition coefficient (Wildman–Crippen LogP) is 8.55. The van der Waals surface area contributed by atoms with E-state index in [0.29, 0.717) is 33.2 Å². The number of amides is 1. The number of aromatic nitrogens is 1. The Balaban J connectivity index is 1.58. The molecule has 0 radical (unpaired) electrons. The minimum atomic E-state index is -0.0199. The van der Waals surface area contributed by atoms with Gasteiger partial charge in [0.2, 0.25) is 0 Å². The molecule has 2 heterocycles. The number of rotatable bonds is 5. The molecule has 188 valence electrons. The van der Waals surface area contributed by atoms with Gasteiger partial charge in [-0.05, 0) is 86.5 Å². The molecule has 37 heavy (non-hydrogen) atoms. The Bertz CT molecular complexity index is 1600. The van der Waals surface area contributed by atoms with Crippen LogP contribution in [-0.4, -0.2) is 27.1 Å². The predicted molar refractivity (Wildman–Crippen MR) is 158 cm³/mol. The minimum absolute atomic E-state index is 0.0199. The van der Waals surface area contributed by atoms with Crippen LogP contribution in [0.3, 0.4) is 0 Å². The highest BCUT2D eigenvalue weighted by Crippen LogP contribution is 2.37. The lowest BCUT2D eigenvalue weighted by Gasteiger charge is -2.12. The van der Waals surface area contributed by atoms with E-state index in [1.165, 1.54) is 11.8 Å². The van der Waals surface area contributed by atoms with Crippen molar-refractivity contribution in [3.05, 3.63) is 104 Å². The zero-order valence-corrected chi connectivity index (χ0v) is 23.5. The van der Waals surface area contributed by atoms with Crippen LogP contribution in [0.25, 0.3) is 17.0 Å². The summed E-state index contributed by atoms with van der Waals surface area (Å²) in [4.78, 5) is 20.7. The first-order valence-corrected chi connectivity index (χ1v) is 13.7. The summed E-state index contributed by atoms with van der Waals surface area (Å²) in [5.41, 5.74) is 7.28. The first-order valence-electron chi connectivity index (χ1n) is 12.2. The van der Waals surface area contributed by atoms with Crippen molar-refractivity contribution in [2.24, 2.45) is 4.99 Å². The number of aryl methyl sites for hydroxylation is 2. The molecule has 3 aromatic carbocycles. The Morgan fingerprint density at radius 1 is 1.00 bits per heavy atom. The average Bonchev–Trinajstić information content (AvgIpc) is 3.31. The number of carbonyl (C=O) groups is 1. The van der Waals surface area contributed by atoms with E-state index in [-0.39, 0.29) is 5.91 Å². The summed E-state index contributed by atoms with van der Waals surface area (Å²) in [6.07, 6.45) is 2.01. The number of thioether (sulfide) groups is 1. The first-order chi connectivity index (χ1) is 17.8. The standard InChI is InChI=1S/C30H27Cl2N3OS/c1-5-34-29(36)28(37-30(34)33-26-14-18(2)10-11-19(26)3)16-24-20(4)35(27-9-7-6-8-23(24)27)17-21-12-13-22(31)15-25(21)32/h6-16H,5,17H2,1-4H3/b28-16+,33-30?. The molecule has 1 aliphatic heterocycles. The quantitative estimate of drug-likeness (QED) is 0.234. The maximum Gasteiger partial charge on any atom is 0.266 e. The van der Waals surface area contributed by atoms with Crippen molar-refractivity contribution in [2.75, 3.05) is 6.54 Å². The third-order valence-electron chi connectivity index (χ3n) is 6.68. The number of para-hydroxylation sites is 1. The molecule has 0 saturated carbocycles. The summed E-state index contributed by atoms with van der Waals surface area (Å²) in [5.74, 6) is -0.0199. The van der Waals surface area contributed by atoms with Crippen molar-refractivity contribution in [1.29, 1.82) is 0 Å². The van der Waals surface area contributed by atoms with Crippen molar-refractivity contribution in [3.63, 3.8) is 0 Å². The Kier molecular flexibility index (Phi) is 7.21. The Hall–Kier alpha value is -2.99. The van der Waals surface area contributed by atoms with Gasteiger partial charge in [0, 0.05) is 45.3 Å². The topological polar surface area (TPSA) is 37.6 Å². The highest BCUT2D eigenvalue weighted by molar-refractivity contribution is 8.18. The molecule has 0 spiro atoms. The van der Waals surface area contributed by atoms with Gasteiger partial charge in [-0.15, -0.1) is 0 Å².